The molecule has 0 aliphatic carbocycles. The van der Waals surface area contributed by atoms with E-state index in [0.717, 1.165) is 35.7 Å². The predicted octanol–water partition coefficient (Wildman–Crippen LogP) is 2.25. The average Bonchev–Trinajstić information content (AvgIpc) is 2.84. The van der Waals surface area contributed by atoms with Gasteiger partial charge in [-0.3, -0.25) is 4.90 Å². The molecule has 1 aromatic heterocycles. The summed E-state index contributed by atoms with van der Waals surface area (Å²) < 4.78 is 0. The molecule has 2 rings (SSSR count). The third kappa shape index (κ3) is 3.52. The van der Waals surface area contributed by atoms with Gasteiger partial charge >= 0.3 is 0 Å². The van der Waals surface area contributed by atoms with Gasteiger partial charge < -0.3 is 10.6 Å². The van der Waals surface area contributed by atoms with Crippen molar-refractivity contribution >= 4 is 23.0 Å². The highest BCUT2D eigenvalue weighted by atomic mass is 32.1. The molecule has 1 atom stereocenters. The Balaban J connectivity index is 2.26. The molecule has 4 nitrogen and oxygen atoms in total. The quantitative estimate of drug-likeness (QED) is 0.846. The number of aryl methyl sites for hydroxylation is 2. The highest BCUT2D eigenvalue weighted by molar-refractivity contribution is 7.80. The van der Waals surface area contributed by atoms with Gasteiger partial charge in [0.1, 0.15) is 10.8 Å². The van der Waals surface area contributed by atoms with Crippen molar-refractivity contribution in [3.8, 4) is 0 Å². The molecule has 0 saturated carbocycles. The first-order valence-corrected chi connectivity index (χ1v) is 8.08. The zero-order chi connectivity index (χ0) is 15.6. The number of nitrogens with zero attached hydrogens (tertiary/aromatic N) is 3. The number of likely N-dealkylation sites (tertiary alicyclic amines) is 1. The van der Waals surface area contributed by atoms with E-state index in [1.807, 2.05) is 13.0 Å². The summed E-state index contributed by atoms with van der Waals surface area (Å²) in [4.78, 5) is 9.88. The zero-order valence-corrected chi connectivity index (χ0v) is 14.3. The summed E-state index contributed by atoms with van der Waals surface area (Å²) in [6.45, 7) is 9.58. The molecule has 21 heavy (non-hydrogen) atoms. The lowest BCUT2D eigenvalue weighted by molar-refractivity contribution is 0.270. The number of hydrogen-bond donors (Lipinski definition) is 1. The fraction of sp³-hybridized carbons (Fsp3) is 0.625. The summed E-state index contributed by atoms with van der Waals surface area (Å²) in [5.74, 6) is 0.919. The zero-order valence-electron chi connectivity index (χ0n) is 13.5. The van der Waals surface area contributed by atoms with Gasteiger partial charge in [0.05, 0.1) is 5.56 Å². The summed E-state index contributed by atoms with van der Waals surface area (Å²) >= 11 is 5.23. The molecule has 1 aliphatic rings. The van der Waals surface area contributed by atoms with Crippen molar-refractivity contribution in [2.75, 3.05) is 31.6 Å². The van der Waals surface area contributed by atoms with E-state index in [1.54, 1.807) is 0 Å². The van der Waals surface area contributed by atoms with Crippen LogP contribution in [0.5, 0.6) is 0 Å². The Labute approximate surface area is 133 Å². The van der Waals surface area contributed by atoms with Crippen LogP contribution in [-0.2, 0) is 0 Å². The van der Waals surface area contributed by atoms with Crippen LogP contribution in [0.4, 0.5) is 5.82 Å². The summed E-state index contributed by atoms with van der Waals surface area (Å²) in [6, 6.07) is 2.64. The third-order valence-electron chi connectivity index (χ3n) is 4.32. The van der Waals surface area contributed by atoms with E-state index < -0.39 is 0 Å². The van der Waals surface area contributed by atoms with Gasteiger partial charge in [-0.2, -0.15) is 0 Å². The van der Waals surface area contributed by atoms with Gasteiger partial charge in [-0.1, -0.05) is 19.1 Å². The van der Waals surface area contributed by atoms with Crippen LogP contribution in [0.1, 0.15) is 36.6 Å². The minimum Gasteiger partial charge on any atom is -0.389 e. The molecule has 5 heteroatoms. The first-order valence-electron chi connectivity index (χ1n) is 7.67. The molecule has 0 radical (unpaired) electrons. The second-order valence-corrected chi connectivity index (χ2v) is 6.39. The smallest absolute Gasteiger partial charge is 0.139 e. The molecule has 0 bridgehead atoms. The van der Waals surface area contributed by atoms with Gasteiger partial charge in [0.25, 0.3) is 0 Å². The summed E-state index contributed by atoms with van der Waals surface area (Å²) in [5.41, 5.74) is 8.95. The largest absolute Gasteiger partial charge is 0.389 e. The molecule has 1 aliphatic heterocycles. The second-order valence-electron chi connectivity index (χ2n) is 5.95. The molecule has 1 fully saturated rings. The molecular weight excluding hydrogens is 280 g/mol. The van der Waals surface area contributed by atoms with Gasteiger partial charge in [-0.05, 0) is 51.4 Å². The highest BCUT2D eigenvalue weighted by Crippen LogP contribution is 2.24. The van der Waals surface area contributed by atoms with Gasteiger partial charge in [-0.25, -0.2) is 4.98 Å². The maximum Gasteiger partial charge on any atom is 0.139 e. The molecule has 1 saturated heterocycles. The minimum atomic E-state index is 0.431. The van der Waals surface area contributed by atoms with Crippen LogP contribution in [0, 0.1) is 13.8 Å². The Morgan fingerprint density at radius 3 is 2.86 bits per heavy atom. The summed E-state index contributed by atoms with van der Waals surface area (Å²) in [5, 5.41) is 0. The molecule has 0 amide bonds. The number of likely N-dealkylation sites (N-methyl/N-ethyl adjacent to an activating group) is 2. The molecule has 0 spiro atoms. The summed E-state index contributed by atoms with van der Waals surface area (Å²) in [7, 11) is 2.09. The second kappa shape index (κ2) is 6.71. The van der Waals surface area contributed by atoms with Crippen molar-refractivity contribution < 1.29 is 0 Å². The van der Waals surface area contributed by atoms with Crippen LogP contribution in [0.15, 0.2) is 6.07 Å². The lowest BCUT2D eigenvalue weighted by atomic mass is 10.1. The SMILES string of the molecule is CCN1CCCC1CN(C)c1nc(C)cc(C)c1C(N)=S. The van der Waals surface area contributed by atoms with Crippen LogP contribution >= 0.6 is 12.2 Å². The summed E-state index contributed by atoms with van der Waals surface area (Å²) in [6.07, 6.45) is 2.54. The van der Waals surface area contributed by atoms with Crippen molar-refractivity contribution in [3.05, 3.63) is 22.9 Å². The van der Waals surface area contributed by atoms with Crippen LogP contribution in [0.25, 0.3) is 0 Å². The number of nitrogens with two attached hydrogens (primary N) is 1. The van der Waals surface area contributed by atoms with Gasteiger partial charge in [-0.15, -0.1) is 0 Å². The number of hydrogen-bond acceptors (Lipinski definition) is 4. The van der Waals surface area contributed by atoms with Gasteiger partial charge in [0.15, 0.2) is 0 Å². The van der Waals surface area contributed by atoms with E-state index in [9.17, 15) is 0 Å². The Morgan fingerprint density at radius 1 is 1.52 bits per heavy atom. The predicted molar refractivity (Wildman–Crippen MR) is 93.1 cm³/mol. The van der Waals surface area contributed by atoms with E-state index in [2.05, 4.69) is 35.7 Å². The topological polar surface area (TPSA) is 45.4 Å². The average molecular weight is 306 g/mol. The normalized spacial score (nSPS) is 19.0. The standard InChI is InChI=1S/C16H26N4S/c1-5-20-8-6-7-13(20)10-19(4)16-14(15(17)21)11(2)9-12(3)18-16/h9,13H,5-8,10H2,1-4H3,(H2,17,21). The Kier molecular flexibility index (Phi) is 5.17. The Morgan fingerprint density at radius 2 is 2.24 bits per heavy atom. The number of rotatable bonds is 5. The molecule has 2 heterocycles. The van der Waals surface area contributed by atoms with Crippen LogP contribution < -0.4 is 10.6 Å². The third-order valence-corrected chi connectivity index (χ3v) is 4.53. The molecular formula is C16H26N4S. The van der Waals surface area contributed by atoms with Crippen molar-refractivity contribution in [2.45, 2.75) is 39.7 Å². The molecule has 1 aromatic rings. The fourth-order valence-corrected chi connectivity index (χ4v) is 3.57. The first-order chi connectivity index (χ1) is 9.93. The molecule has 116 valence electrons. The number of anilines is 1. The lowest BCUT2D eigenvalue weighted by Crippen LogP contribution is -2.39. The van der Waals surface area contributed by atoms with Gasteiger partial charge in [0.2, 0.25) is 0 Å². The van der Waals surface area contributed by atoms with Crippen molar-refractivity contribution in [1.29, 1.82) is 0 Å². The van der Waals surface area contributed by atoms with Crippen LogP contribution in [-0.4, -0.2) is 47.6 Å². The molecule has 1 unspecified atom stereocenters. The number of pyridine rings is 1. The van der Waals surface area contributed by atoms with E-state index >= 15 is 0 Å². The lowest BCUT2D eigenvalue weighted by Gasteiger charge is -2.30. The van der Waals surface area contributed by atoms with E-state index in [4.69, 9.17) is 18.0 Å². The van der Waals surface area contributed by atoms with Crippen molar-refractivity contribution in [3.63, 3.8) is 0 Å². The maximum absolute atomic E-state index is 5.92. The van der Waals surface area contributed by atoms with E-state index in [1.165, 1.54) is 19.4 Å². The van der Waals surface area contributed by atoms with Crippen molar-refractivity contribution in [2.24, 2.45) is 5.73 Å². The first kappa shape index (κ1) is 16.2. The number of aromatic nitrogens is 1. The van der Waals surface area contributed by atoms with Crippen LogP contribution in [0.2, 0.25) is 0 Å². The number of thiocarbonyl (C=S) groups is 1. The highest BCUT2D eigenvalue weighted by Gasteiger charge is 2.25. The Hall–Kier alpha value is -1.20. The van der Waals surface area contributed by atoms with E-state index in [-0.39, 0.29) is 0 Å². The Bertz CT molecular complexity index is 529. The fourth-order valence-electron chi connectivity index (χ4n) is 3.32. The van der Waals surface area contributed by atoms with Crippen LogP contribution in [0.3, 0.4) is 0 Å². The van der Waals surface area contributed by atoms with E-state index in [0.29, 0.717) is 11.0 Å². The minimum absolute atomic E-state index is 0.431. The molecule has 0 aromatic carbocycles. The van der Waals surface area contributed by atoms with Gasteiger partial charge in [0, 0.05) is 25.3 Å². The maximum atomic E-state index is 5.92. The monoisotopic (exact) mass is 306 g/mol. The van der Waals surface area contributed by atoms with Crippen molar-refractivity contribution in [1.82, 2.24) is 9.88 Å². The molecule has 2 N–H and O–H groups in total.